The number of hydrogen-bond donors (Lipinski definition) is 3. The normalized spacial score (nSPS) is 24.8. The molecule has 4 heteroatoms. The van der Waals surface area contributed by atoms with Crippen LogP contribution in [0.3, 0.4) is 0 Å². The summed E-state index contributed by atoms with van der Waals surface area (Å²) in [6.45, 7) is 6.02. The molecule has 0 saturated carbocycles. The number of carbonyl (C=O) groups excluding carboxylic acids is 1. The van der Waals surface area contributed by atoms with Gasteiger partial charge in [-0.25, -0.2) is 0 Å². The highest BCUT2D eigenvalue weighted by Gasteiger charge is 2.20. The first-order valence-electron chi connectivity index (χ1n) is 6.23. The van der Waals surface area contributed by atoms with Crippen LogP contribution in [0.4, 0.5) is 0 Å². The zero-order valence-electron chi connectivity index (χ0n) is 10.4. The molecule has 2 atom stereocenters. The molecule has 1 heterocycles. The second-order valence-electron chi connectivity index (χ2n) is 5.04. The van der Waals surface area contributed by atoms with Crippen molar-refractivity contribution in [3.8, 4) is 0 Å². The third kappa shape index (κ3) is 4.94. The molecule has 1 rings (SSSR count). The van der Waals surface area contributed by atoms with E-state index >= 15 is 0 Å². The van der Waals surface area contributed by atoms with Crippen LogP contribution in [0.1, 0.15) is 39.5 Å². The van der Waals surface area contributed by atoms with Gasteiger partial charge in [-0.1, -0.05) is 6.92 Å². The summed E-state index contributed by atoms with van der Waals surface area (Å²) < 4.78 is 0. The Morgan fingerprint density at radius 2 is 2.38 bits per heavy atom. The SMILES string of the molecule is CCC(C)(O)CNC(=O)CC1CCCNC1. The summed E-state index contributed by atoms with van der Waals surface area (Å²) in [7, 11) is 0. The van der Waals surface area contributed by atoms with Crippen LogP contribution in [0.2, 0.25) is 0 Å². The van der Waals surface area contributed by atoms with Crippen LogP contribution in [0.5, 0.6) is 0 Å². The highest BCUT2D eigenvalue weighted by molar-refractivity contribution is 5.76. The minimum atomic E-state index is -0.777. The van der Waals surface area contributed by atoms with Gasteiger partial charge in [0.25, 0.3) is 0 Å². The molecule has 1 amide bonds. The Balaban J connectivity index is 2.19. The molecule has 1 fully saturated rings. The summed E-state index contributed by atoms with van der Waals surface area (Å²) in [5.41, 5.74) is -0.777. The maximum atomic E-state index is 11.6. The lowest BCUT2D eigenvalue weighted by atomic mass is 9.95. The first-order valence-corrected chi connectivity index (χ1v) is 6.23. The molecule has 0 aromatic heterocycles. The van der Waals surface area contributed by atoms with Gasteiger partial charge in [-0.2, -0.15) is 0 Å². The van der Waals surface area contributed by atoms with Gasteiger partial charge in [0.2, 0.25) is 5.91 Å². The minimum Gasteiger partial charge on any atom is -0.388 e. The standard InChI is InChI=1S/C12H24N2O2/c1-3-12(2,16)9-14-11(15)7-10-5-4-6-13-8-10/h10,13,16H,3-9H2,1-2H3,(H,14,15). The molecule has 1 aliphatic heterocycles. The van der Waals surface area contributed by atoms with Crippen LogP contribution in [0.25, 0.3) is 0 Å². The quantitative estimate of drug-likeness (QED) is 0.647. The zero-order valence-corrected chi connectivity index (χ0v) is 10.4. The van der Waals surface area contributed by atoms with E-state index in [9.17, 15) is 9.90 Å². The monoisotopic (exact) mass is 228 g/mol. The molecule has 0 aromatic carbocycles. The predicted octanol–water partition coefficient (Wildman–Crippen LogP) is 0.653. The Morgan fingerprint density at radius 3 is 2.94 bits per heavy atom. The van der Waals surface area contributed by atoms with Gasteiger partial charge in [-0.3, -0.25) is 4.79 Å². The van der Waals surface area contributed by atoms with Crippen LogP contribution >= 0.6 is 0 Å². The second-order valence-corrected chi connectivity index (χ2v) is 5.04. The van der Waals surface area contributed by atoms with Crippen molar-refractivity contribution in [2.45, 2.75) is 45.1 Å². The zero-order chi connectivity index (χ0) is 12.0. The maximum absolute atomic E-state index is 11.6. The van der Waals surface area contributed by atoms with E-state index in [1.54, 1.807) is 6.92 Å². The summed E-state index contributed by atoms with van der Waals surface area (Å²) >= 11 is 0. The molecular weight excluding hydrogens is 204 g/mol. The van der Waals surface area contributed by atoms with Gasteiger partial charge in [0.15, 0.2) is 0 Å². The third-order valence-corrected chi connectivity index (χ3v) is 3.30. The Morgan fingerprint density at radius 1 is 1.62 bits per heavy atom. The van der Waals surface area contributed by atoms with E-state index in [0.717, 1.165) is 25.9 Å². The summed E-state index contributed by atoms with van der Waals surface area (Å²) in [6.07, 6.45) is 3.51. The number of aliphatic hydroxyl groups is 1. The van der Waals surface area contributed by atoms with E-state index in [2.05, 4.69) is 10.6 Å². The van der Waals surface area contributed by atoms with Gasteiger partial charge < -0.3 is 15.7 Å². The molecular formula is C12H24N2O2. The topological polar surface area (TPSA) is 61.4 Å². The average Bonchev–Trinajstić information content (AvgIpc) is 2.28. The minimum absolute atomic E-state index is 0.0578. The van der Waals surface area contributed by atoms with E-state index in [1.807, 2.05) is 6.92 Å². The number of nitrogens with one attached hydrogen (secondary N) is 2. The van der Waals surface area contributed by atoms with Crippen LogP contribution in [0.15, 0.2) is 0 Å². The Labute approximate surface area is 97.8 Å². The first kappa shape index (κ1) is 13.5. The maximum Gasteiger partial charge on any atom is 0.220 e. The molecule has 2 unspecified atom stereocenters. The Bertz CT molecular complexity index is 223. The van der Waals surface area contributed by atoms with Crippen molar-refractivity contribution in [2.24, 2.45) is 5.92 Å². The van der Waals surface area contributed by atoms with Crippen LogP contribution < -0.4 is 10.6 Å². The molecule has 94 valence electrons. The molecule has 3 N–H and O–H groups in total. The van der Waals surface area contributed by atoms with Crippen LogP contribution in [-0.2, 0) is 4.79 Å². The fourth-order valence-electron chi connectivity index (χ4n) is 1.85. The van der Waals surface area contributed by atoms with E-state index in [-0.39, 0.29) is 5.91 Å². The highest BCUT2D eigenvalue weighted by atomic mass is 16.3. The lowest BCUT2D eigenvalue weighted by Gasteiger charge is -2.24. The molecule has 0 radical (unpaired) electrons. The summed E-state index contributed by atoms with van der Waals surface area (Å²) in [5, 5.41) is 15.8. The van der Waals surface area contributed by atoms with Gasteiger partial charge in [0, 0.05) is 13.0 Å². The van der Waals surface area contributed by atoms with Crippen molar-refractivity contribution in [1.82, 2.24) is 10.6 Å². The van der Waals surface area contributed by atoms with Gasteiger partial charge in [0.1, 0.15) is 0 Å². The van der Waals surface area contributed by atoms with Crippen molar-refractivity contribution >= 4 is 5.91 Å². The smallest absolute Gasteiger partial charge is 0.220 e. The van der Waals surface area contributed by atoms with Crippen molar-refractivity contribution in [3.05, 3.63) is 0 Å². The van der Waals surface area contributed by atoms with E-state index in [4.69, 9.17) is 0 Å². The Kier molecular flexibility index (Phi) is 5.22. The summed E-state index contributed by atoms with van der Waals surface area (Å²) in [6, 6.07) is 0. The number of amides is 1. The van der Waals surface area contributed by atoms with Crippen LogP contribution in [-0.4, -0.2) is 36.2 Å². The van der Waals surface area contributed by atoms with Gasteiger partial charge in [-0.15, -0.1) is 0 Å². The highest BCUT2D eigenvalue weighted by Crippen LogP contribution is 2.14. The largest absolute Gasteiger partial charge is 0.388 e. The van der Waals surface area contributed by atoms with Crippen molar-refractivity contribution in [3.63, 3.8) is 0 Å². The van der Waals surface area contributed by atoms with Crippen molar-refractivity contribution < 1.29 is 9.90 Å². The van der Waals surface area contributed by atoms with Crippen molar-refractivity contribution in [1.29, 1.82) is 0 Å². The lowest BCUT2D eigenvalue weighted by molar-refractivity contribution is -0.123. The van der Waals surface area contributed by atoms with Gasteiger partial charge in [0.05, 0.1) is 5.60 Å². The number of piperidine rings is 1. The molecule has 1 saturated heterocycles. The molecule has 4 nitrogen and oxygen atoms in total. The van der Waals surface area contributed by atoms with Gasteiger partial charge >= 0.3 is 0 Å². The summed E-state index contributed by atoms with van der Waals surface area (Å²) in [4.78, 5) is 11.6. The lowest BCUT2D eigenvalue weighted by Crippen LogP contribution is -2.41. The van der Waals surface area contributed by atoms with E-state index in [1.165, 1.54) is 0 Å². The molecule has 1 aliphatic rings. The number of hydrogen-bond acceptors (Lipinski definition) is 3. The average molecular weight is 228 g/mol. The van der Waals surface area contributed by atoms with Gasteiger partial charge in [-0.05, 0) is 45.2 Å². The summed E-state index contributed by atoms with van der Waals surface area (Å²) in [5.74, 6) is 0.516. The van der Waals surface area contributed by atoms with E-state index in [0.29, 0.717) is 25.3 Å². The third-order valence-electron chi connectivity index (χ3n) is 3.30. The molecule has 0 aromatic rings. The fraction of sp³-hybridized carbons (Fsp3) is 0.917. The predicted molar refractivity (Wildman–Crippen MR) is 64.1 cm³/mol. The molecule has 0 aliphatic carbocycles. The second kappa shape index (κ2) is 6.21. The fourth-order valence-corrected chi connectivity index (χ4v) is 1.85. The van der Waals surface area contributed by atoms with Crippen LogP contribution in [0, 0.1) is 5.92 Å². The number of rotatable bonds is 5. The molecule has 0 bridgehead atoms. The first-order chi connectivity index (χ1) is 7.53. The van der Waals surface area contributed by atoms with E-state index < -0.39 is 5.60 Å². The Hall–Kier alpha value is -0.610. The number of carbonyl (C=O) groups is 1. The van der Waals surface area contributed by atoms with Crippen molar-refractivity contribution in [2.75, 3.05) is 19.6 Å². The molecule has 0 spiro atoms. The molecule has 16 heavy (non-hydrogen) atoms.